The molecule has 0 aromatic carbocycles. The molecule has 9 heavy (non-hydrogen) atoms. The summed E-state index contributed by atoms with van der Waals surface area (Å²) in [6.07, 6.45) is 0. The highest BCUT2D eigenvalue weighted by Crippen LogP contribution is 2.23. The smallest absolute Gasteiger partial charge is 0.0501 e. The molecule has 0 heterocycles. The van der Waals surface area contributed by atoms with Crippen molar-refractivity contribution in [1.82, 2.24) is 0 Å². The third kappa shape index (κ3) is 3.49. The van der Waals surface area contributed by atoms with E-state index in [0.29, 0.717) is 5.54 Å². The maximum Gasteiger partial charge on any atom is 0.0501 e. The van der Waals surface area contributed by atoms with Crippen molar-refractivity contribution in [2.75, 3.05) is 11.8 Å². The lowest BCUT2D eigenvalue weighted by atomic mass is 10.5. The largest absolute Gasteiger partial charge is 0.127 e. The molecule has 0 saturated heterocycles. The van der Waals surface area contributed by atoms with Crippen molar-refractivity contribution in [1.29, 1.82) is 0 Å². The van der Waals surface area contributed by atoms with Crippen LogP contribution < -0.4 is 0 Å². The van der Waals surface area contributed by atoms with Crippen LogP contribution in [0.5, 0.6) is 0 Å². The molecular weight excluding hydrogens is 171 g/mol. The number of alkyl halides is 2. The van der Waals surface area contributed by atoms with Crippen LogP contribution >= 0.6 is 23.2 Å². The van der Waals surface area contributed by atoms with E-state index in [1.165, 1.54) is 0 Å². The predicted molar refractivity (Wildman–Crippen MR) is 48.5 cm³/mol. The van der Waals surface area contributed by atoms with E-state index in [1.807, 2.05) is 0 Å². The molecule has 0 N–H and O–H groups in total. The van der Waals surface area contributed by atoms with E-state index < -0.39 is 8.07 Å². The standard InChI is InChI=1S/C6H14Cl2Si/c1-9(2,3)6(4-7)5-8/h6H,4-5H2,1-3H3. The normalized spacial score (nSPS) is 12.7. The van der Waals surface area contributed by atoms with Crippen LogP contribution in [0.1, 0.15) is 0 Å². The molecule has 0 bridgehead atoms. The van der Waals surface area contributed by atoms with Gasteiger partial charge < -0.3 is 0 Å². The molecule has 0 fully saturated rings. The van der Waals surface area contributed by atoms with Gasteiger partial charge in [0, 0.05) is 11.8 Å². The van der Waals surface area contributed by atoms with Gasteiger partial charge in [0.25, 0.3) is 0 Å². The molecule has 0 aromatic heterocycles. The Hall–Kier alpha value is 0.797. The summed E-state index contributed by atoms with van der Waals surface area (Å²) in [4.78, 5) is 0. The van der Waals surface area contributed by atoms with Crippen molar-refractivity contribution in [2.24, 2.45) is 0 Å². The number of rotatable bonds is 3. The summed E-state index contributed by atoms with van der Waals surface area (Å²) in [6, 6.07) is 0. The second-order valence-electron chi connectivity index (χ2n) is 3.37. The fraction of sp³-hybridized carbons (Fsp3) is 1.00. The molecule has 0 aliphatic heterocycles. The van der Waals surface area contributed by atoms with Crippen molar-refractivity contribution >= 4 is 31.3 Å². The lowest BCUT2D eigenvalue weighted by molar-refractivity contribution is 1.03. The summed E-state index contributed by atoms with van der Waals surface area (Å²) >= 11 is 11.4. The number of hydrogen-bond acceptors (Lipinski definition) is 0. The van der Waals surface area contributed by atoms with Gasteiger partial charge in [0.1, 0.15) is 0 Å². The Balaban J connectivity index is 3.79. The summed E-state index contributed by atoms with van der Waals surface area (Å²) in [6.45, 7) is 6.88. The quantitative estimate of drug-likeness (QED) is 0.468. The van der Waals surface area contributed by atoms with Crippen molar-refractivity contribution < 1.29 is 0 Å². The molecule has 0 aromatic rings. The van der Waals surface area contributed by atoms with Gasteiger partial charge in [-0.3, -0.25) is 0 Å². The van der Waals surface area contributed by atoms with E-state index in [-0.39, 0.29) is 0 Å². The number of halogens is 2. The van der Waals surface area contributed by atoms with Crippen molar-refractivity contribution in [3.05, 3.63) is 0 Å². The van der Waals surface area contributed by atoms with Crippen LogP contribution in [0.15, 0.2) is 0 Å². The van der Waals surface area contributed by atoms with E-state index in [9.17, 15) is 0 Å². The zero-order valence-electron chi connectivity index (χ0n) is 6.25. The van der Waals surface area contributed by atoms with Gasteiger partial charge in [-0.25, -0.2) is 0 Å². The monoisotopic (exact) mass is 184 g/mol. The highest BCUT2D eigenvalue weighted by Gasteiger charge is 2.24. The lowest BCUT2D eigenvalue weighted by Gasteiger charge is -2.24. The summed E-state index contributed by atoms with van der Waals surface area (Å²) in [5.41, 5.74) is 0.570. The molecule has 0 aliphatic carbocycles. The number of hydrogen-bond donors (Lipinski definition) is 0. The van der Waals surface area contributed by atoms with Crippen LogP contribution in [0.25, 0.3) is 0 Å². The van der Waals surface area contributed by atoms with Gasteiger partial charge in [-0.1, -0.05) is 19.6 Å². The van der Waals surface area contributed by atoms with Crippen molar-refractivity contribution in [3.8, 4) is 0 Å². The van der Waals surface area contributed by atoms with E-state index in [2.05, 4.69) is 19.6 Å². The van der Waals surface area contributed by atoms with Gasteiger partial charge >= 0.3 is 0 Å². The second kappa shape index (κ2) is 3.84. The first-order chi connectivity index (χ1) is 4.02. The van der Waals surface area contributed by atoms with E-state index in [0.717, 1.165) is 11.8 Å². The first-order valence-corrected chi connectivity index (χ1v) is 7.79. The Morgan fingerprint density at radius 2 is 1.44 bits per heavy atom. The average Bonchev–Trinajstić information content (AvgIpc) is 1.65. The Labute approximate surface area is 68.6 Å². The zero-order valence-corrected chi connectivity index (χ0v) is 8.76. The first-order valence-electron chi connectivity index (χ1n) is 3.14. The fourth-order valence-corrected chi connectivity index (χ4v) is 4.54. The SMILES string of the molecule is C[Si](C)(C)C(CCl)CCl. The summed E-state index contributed by atoms with van der Waals surface area (Å²) in [5, 5.41) is 0. The molecule has 0 aliphatic rings. The molecule has 3 heteroatoms. The Morgan fingerprint density at radius 1 is 1.11 bits per heavy atom. The molecule has 0 spiro atoms. The highest BCUT2D eigenvalue weighted by molar-refractivity contribution is 6.78. The van der Waals surface area contributed by atoms with Gasteiger partial charge in [0.05, 0.1) is 8.07 Å². The van der Waals surface area contributed by atoms with Crippen LogP contribution in [0.3, 0.4) is 0 Å². The highest BCUT2D eigenvalue weighted by atomic mass is 35.5. The predicted octanol–water partition coefficient (Wildman–Crippen LogP) is 3.17. The van der Waals surface area contributed by atoms with Crippen LogP contribution in [0.4, 0.5) is 0 Å². The van der Waals surface area contributed by atoms with E-state index in [1.54, 1.807) is 0 Å². The van der Waals surface area contributed by atoms with Crippen molar-refractivity contribution in [3.63, 3.8) is 0 Å². The fourth-order valence-electron chi connectivity index (χ4n) is 0.504. The van der Waals surface area contributed by atoms with E-state index >= 15 is 0 Å². The van der Waals surface area contributed by atoms with Crippen LogP contribution in [-0.2, 0) is 0 Å². The topological polar surface area (TPSA) is 0 Å². The zero-order chi connectivity index (χ0) is 7.49. The molecule has 0 saturated carbocycles. The van der Waals surface area contributed by atoms with Gasteiger partial charge in [0.2, 0.25) is 0 Å². The second-order valence-corrected chi connectivity index (χ2v) is 9.54. The molecular formula is C6H14Cl2Si. The third-order valence-corrected chi connectivity index (χ3v) is 5.72. The van der Waals surface area contributed by atoms with Crippen LogP contribution in [0.2, 0.25) is 25.2 Å². The summed E-state index contributed by atoms with van der Waals surface area (Å²) < 4.78 is 0. The third-order valence-electron chi connectivity index (χ3n) is 1.60. The maximum absolute atomic E-state index is 5.70. The average molecular weight is 185 g/mol. The Kier molecular flexibility index (Phi) is 4.18. The Bertz CT molecular complexity index is 73.6. The minimum Gasteiger partial charge on any atom is -0.127 e. The molecule has 0 rings (SSSR count). The van der Waals surface area contributed by atoms with E-state index in [4.69, 9.17) is 23.2 Å². The van der Waals surface area contributed by atoms with Crippen molar-refractivity contribution in [2.45, 2.75) is 25.2 Å². The Morgan fingerprint density at radius 3 is 1.44 bits per heavy atom. The maximum atomic E-state index is 5.70. The van der Waals surface area contributed by atoms with Crippen LogP contribution in [-0.4, -0.2) is 19.8 Å². The minimum absolute atomic E-state index is 0.570. The molecule has 0 unspecified atom stereocenters. The first kappa shape index (κ1) is 9.80. The molecule has 56 valence electrons. The minimum atomic E-state index is -1.05. The molecule has 0 amide bonds. The molecule has 0 nitrogen and oxygen atoms in total. The van der Waals surface area contributed by atoms with Gasteiger partial charge in [0.15, 0.2) is 0 Å². The molecule has 0 radical (unpaired) electrons. The summed E-state index contributed by atoms with van der Waals surface area (Å²) in [5.74, 6) is 1.44. The van der Waals surface area contributed by atoms with Gasteiger partial charge in [-0.2, -0.15) is 0 Å². The summed E-state index contributed by atoms with van der Waals surface area (Å²) in [7, 11) is -1.05. The van der Waals surface area contributed by atoms with Gasteiger partial charge in [-0.05, 0) is 5.54 Å². The molecule has 0 atom stereocenters. The van der Waals surface area contributed by atoms with Crippen LogP contribution in [0, 0.1) is 0 Å². The van der Waals surface area contributed by atoms with Gasteiger partial charge in [-0.15, -0.1) is 23.2 Å². The lowest BCUT2D eigenvalue weighted by Crippen LogP contribution is -2.30.